The summed E-state index contributed by atoms with van der Waals surface area (Å²) in [4.78, 5) is 35.7. The molecule has 1 aliphatic rings. The maximum absolute atomic E-state index is 12.0. The fourth-order valence-corrected chi connectivity index (χ4v) is 2.89. The Morgan fingerprint density at radius 1 is 1.08 bits per heavy atom. The highest BCUT2D eigenvalue weighted by Crippen LogP contribution is 2.23. The Morgan fingerprint density at radius 3 is 2.44 bits per heavy atom. The van der Waals surface area contributed by atoms with Gasteiger partial charge in [0.25, 0.3) is 5.91 Å². The van der Waals surface area contributed by atoms with Crippen molar-refractivity contribution in [1.29, 1.82) is 0 Å². The average molecular weight is 346 g/mol. The van der Waals surface area contributed by atoms with Crippen LogP contribution in [0, 0.1) is 5.92 Å². The molecule has 1 aromatic carbocycles. The summed E-state index contributed by atoms with van der Waals surface area (Å²) in [5.74, 6) is -1.08. The molecule has 1 aliphatic carbocycles. The number of ether oxygens (including phenoxy) is 1. The lowest BCUT2D eigenvalue weighted by Gasteiger charge is -2.20. The highest BCUT2D eigenvalue weighted by atomic mass is 16.5. The van der Waals surface area contributed by atoms with E-state index in [2.05, 4.69) is 10.6 Å². The Labute approximate surface area is 148 Å². The molecule has 1 saturated carbocycles. The zero-order valence-corrected chi connectivity index (χ0v) is 14.6. The zero-order chi connectivity index (χ0) is 18.1. The van der Waals surface area contributed by atoms with Crippen molar-refractivity contribution in [2.24, 2.45) is 5.92 Å². The number of esters is 1. The fourth-order valence-electron chi connectivity index (χ4n) is 2.89. The van der Waals surface area contributed by atoms with Gasteiger partial charge in [0.15, 0.2) is 6.10 Å². The van der Waals surface area contributed by atoms with Gasteiger partial charge in [0, 0.05) is 12.5 Å². The summed E-state index contributed by atoms with van der Waals surface area (Å²) in [5, 5.41) is 5.33. The lowest BCUT2D eigenvalue weighted by molar-refractivity contribution is -0.154. The highest BCUT2D eigenvalue weighted by molar-refractivity contribution is 5.86. The van der Waals surface area contributed by atoms with Gasteiger partial charge in [-0.25, -0.2) is 0 Å². The van der Waals surface area contributed by atoms with Crippen LogP contribution in [-0.4, -0.2) is 30.4 Å². The number of hydrogen-bond acceptors (Lipinski definition) is 4. The number of hydrogen-bond donors (Lipinski definition) is 2. The molecule has 0 heterocycles. The van der Waals surface area contributed by atoms with E-state index in [-0.39, 0.29) is 24.3 Å². The van der Waals surface area contributed by atoms with Gasteiger partial charge >= 0.3 is 5.97 Å². The van der Waals surface area contributed by atoms with E-state index in [9.17, 15) is 14.4 Å². The van der Waals surface area contributed by atoms with Crippen LogP contribution in [-0.2, 0) is 25.7 Å². The number of benzene rings is 1. The van der Waals surface area contributed by atoms with Crippen molar-refractivity contribution in [2.75, 3.05) is 6.54 Å². The maximum Gasteiger partial charge on any atom is 0.326 e. The van der Waals surface area contributed by atoms with Crippen LogP contribution in [0.15, 0.2) is 30.3 Å². The van der Waals surface area contributed by atoms with Gasteiger partial charge in [-0.3, -0.25) is 14.4 Å². The molecule has 0 spiro atoms. The van der Waals surface area contributed by atoms with E-state index < -0.39 is 12.1 Å². The van der Waals surface area contributed by atoms with E-state index in [4.69, 9.17) is 4.74 Å². The lowest BCUT2D eigenvalue weighted by Crippen LogP contribution is -2.40. The smallest absolute Gasteiger partial charge is 0.326 e. The first kappa shape index (κ1) is 19.0. The van der Waals surface area contributed by atoms with Crippen molar-refractivity contribution in [3.8, 4) is 0 Å². The largest absolute Gasteiger partial charge is 0.451 e. The third kappa shape index (κ3) is 6.57. The number of carbonyl (C=O) groups excluding carboxylic acids is 3. The van der Waals surface area contributed by atoms with Gasteiger partial charge in [-0.2, -0.15) is 0 Å². The molecule has 1 aromatic rings. The third-order valence-electron chi connectivity index (χ3n) is 4.37. The molecule has 6 nitrogen and oxygen atoms in total. The molecule has 1 unspecified atom stereocenters. The van der Waals surface area contributed by atoms with Crippen LogP contribution in [0.1, 0.15) is 44.6 Å². The topological polar surface area (TPSA) is 84.5 Å². The van der Waals surface area contributed by atoms with Crippen LogP contribution >= 0.6 is 0 Å². The van der Waals surface area contributed by atoms with Crippen LogP contribution in [0.3, 0.4) is 0 Å². The first-order chi connectivity index (χ1) is 12.1. The lowest BCUT2D eigenvalue weighted by atomic mass is 9.89. The molecular formula is C19H26N2O4. The molecule has 6 heteroatoms. The molecule has 1 atom stereocenters. The summed E-state index contributed by atoms with van der Waals surface area (Å²) in [5.41, 5.74) is 0.967. The van der Waals surface area contributed by atoms with Gasteiger partial charge in [-0.05, 0) is 25.3 Å². The van der Waals surface area contributed by atoms with Crippen molar-refractivity contribution < 1.29 is 19.1 Å². The second-order valence-corrected chi connectivity index (χ2v) is 6.39. The van der Waals surface area contributed by atoms with Crippen LogP contribution in [0.2, 0.25) is 0 Å². The number of rotatable bonds is 7. The van der Waals surface area contributed by atoms with Crippen molar-refractivity contribution in [3.05, 3.63) is 35.9 Å². The van der Waals surface area contributed by atoms with E-state index in [1.165, 1.54) is 13.3 Å². The van der Waals surface area contributed by atoms with E-state index >= 15 is 0 Å². The minimum Gasteiger partial charge on any atom is -0.451 e. The number of carbonyl (C=O) groups is 3. The molecule has 136 valence electrons. The summed E-state index contributed by atoms with van der Waals surface area (Å²) in [6.07, 6.45) is 4.13. The quantitative estimate of drug-likeness (QED) is 0.739. The Balaban J connectivity index is 1.66. The predicted octanol–water partition coefficient (Wildman–Crippen LogP) is 1.93. The third-order valence-corrected chi connectivity index (χ3v) is 4.37. The van der Waals surface area contributed by atoms with Gasteiger partial charge in [-0.1, -0.05) is 49.6 Å². The molecule has 0 aromatic heterocycles. The Hall–Kier alpha value is -2.37. The normalized spacial score (nSPS) is 15.9. The van der Waals surface area contributed by atoms with Gasteiger partial charge in [0.1, 0.15) is 6.54 Å². The summed E-state index contributed by atoms with van der Waals surface area (Å²) >= 11 is 0. The maximum atomic E-state index is 12.0. The fraction of sp³-hybridized carbons (Fsp3) is 0.526. The summed E-state index contributed by atoms with van der Waals surface area (Å²) < 4.78 is 5.07. The standard InChI is InChI=1S/C19H26N2O4/c1-14(18(23)20-12-15-8-4-2-5-9-15)25-17(22)13-21-19(24)16-10-6-3-7-11-16/h2,4-5,8-9,14,16H,3,6-7,10-13H2,1H3,(H,20,23)(H,21,24). The molecule has 0 radical (unpaired) electrons. The monoisotopic (exact) mass is 346 g/mol. The second kappa shape index (κ2) is 9.81. The van der Waals surface area contributed by atoms with Gasteiger partial charge in [0.2, 0.25) is 5.91 Å². The van der Waals surface area contributed by atoms with Crippen LogP contribution in [0.25, 0.3) is 0 Å². The highest BCUT2D eigenvalue weighted by Gasteiger charge is 2.22. The van der Waals surface area contributed by atoms with Crippen LogP contribution < -0.4 is 10.6 Å². The van der Waals surface area contributed by atoms with Gasteiger partial charge in [0.05, 0.1) is 0 Å². The molecule has 2 amide bonds. The predicted molar refractivity (Wildman–Crippen MR) is 93.4 cm³/mol. The Morgan fingerprint density at radius 2 is 1.76 bits per heavy atom. The van der Waals surface area contributed by atoms with Gasteiger partial charge in [-0.15, -0.1) is 0 Å². The van der Waals surface area contributed by atoms with E-state index in [1.54, 1.807) is 0 Å². The molecule has 0 aliphatic heterocycles. The van der Waals surface area contributed by atoms with Crippen molar-refractivity contribution in [2.45, 2.75) is 51.7 Å². The van der Waals surface area contributed by atoms with Crippen molar-refractivity contribution >= 4 is 17.8 Å². The molecule has 0 bridgehead atoms. The first-order valence-electron chi connectivity index (χ1n) is 8.85. The average Bonchev–Trinajstić information content (AvgIpc) is 2.65. The summed E-state index contributed by atoms with van der Waals surface area (Å²) in [7, 11) is 0. The molecule has 1 fully saturated rings. The van der Waals surface area contributed by atoms with E-state index in [0.717, 1.165) is 31.2 Å². The molecule has 25 heavy (non-hydrogen) atoms. The molecule has 2 rings (SSSR count). The minimum atomic E-state index is -0.900. The first-order valence-corrected chi connectivity index (χ1v) is 8.85. The van der Waals surface area contributed by atoms with Crippen LogP contribution in [0.4, 0.5) is 0 Å². The van der Waals surface area contributed by atoms with Gasteiger partial charge < -0.3 is 15.4 Å². The molecule has 2 N–H and O–H groups in total. The number of nitrogens with one attached hydrogen (secondary N) is 2. The summed E-state index contributed by atoms with van der Waals surface area (Å²) in [6, 6.07) is 9.48. The van der Waals surface area contributed by atoms with E-state index in [0.29, 0.717) is 6.54 Å². The number of amides is 2. The Kier molecular flexibility index (Phi) is 7.44. The summed E-state index contributed by atoms with van der Waals surface area (Å²) in [6.45, 7) is 1.69. The SMILES string of the molecule is CC(OC(=O)CNC(=O)C1CCCCC1)C(=O)NCc1ccccc1. The van der Waals surface area contributed by atoms with Crippen LogP contribution in [0.5, 0.6) is 0 Å². The van der Waals surface area contributed by atoms with E-state index in [1.807, 2.05) is 30.3 Å². The Bertz CT molecular complexity index is 582. The molecular weight excluding hydrogens is 320 g/mol. The zero-order valence-electron chi connectivity index (χ0n) is 14.6. The minimum absolute atomic E-state index is 0.00635. The van der Waals surface area contributed by atoms with Crippen molar-refractivity contribution in [1.82, 2.24) is 10.6 Å². The van der Waals surface area contributed by atoms with Crippen molar-refractivity contribution in [3.63, 3.8) is 0 Å². The second-order valence-electron chi connectivity index (χ2n) is 6.39. The molecule has 0 saturated heterocycles.